The molecule has 2 aromatic heterocycles. The minimum absolute atomic E-state index is 0.397. The Morgan fingerprint density at radius 1 is 0.880 bits per heavy atom. The van der Waals surface area contributed by atoms with Gasteiger partial charge in [0.2, 0.25) is 0 Å². The molecular weight excluding hydrogens is 310 g/mol. The molecule has 0 fully saturated rings. The topological polar surface area (TPSA) is 88.5 Å². The van der Waals surface area contributed by atoms with Gasteiger partial charge in [-0.25, -0.2) is 15.0 Å². The Bertz CT molecular complexity index is 1110. The van der Waals surface area contributed by atoms with Gasteiger partial charge in [0.05, 0.1) is 22.7 Å². The van der Waals surface area contributed by atoms with E-state index >= 15 is 0 Å². The number of nitrogens with zero attached hydrogens (tertiary/aromatic N) is 4. The smallest absolute Gasteiger partial charge is 0.165 e. The number of nitrogens with two attached hydrogens (primary N) is 1. The Morgan fingerprint density at radius 3 is 2.48 bits per heavy atom. The van der Waals surface area contributed by atoms with Gasteiger partial charge in [-0.15, -0.1) is 0 Å². The van der Waals surface area contributed by atoms with Crippen LogP contribution in [0.5, 0.6) is 0 Å². The molecule has 4 aromatic rings. The molecule has 5 nitrogen and oxygen atoms in total. The highest BCUT2D eigenvalue weighted by atomic mass is 15.0. The molecule has 0 radical (unpaired) electrons. The standard InChI is InChI=1S/C20H13N5/c21-11-13-5-4-8-15(9-13)17-10-16(14-6-2-1-3-7-14)18-19(22)23-12-24-20(18)25-17/h1-10,12H,(H2,22,23,24,25). The van der Waals surface area contributed by atoms with Gasteiger partial charge in [-0.3, -0.25) is 0 Å². The normalized spacial score (nSPS) is 10.5. The molecule has 0 aliphatic rings. The van der Waals surface area contributed by atoms with E-state index < -0.39 is 0 Å². The van der Waals surface area contributed by atoms with Crippen molar-refractivity contribution in [1.29, 1.82) is 5.26 Å². The number of pyridine rings is 1. The van der Waals surface area contributed by atoms with Crippen molar-refractivity contribution in [2.45, 2.75) is 0 Å². The third-order valence-electron chi connectivity index (χ3n) is 4.01. The van der Waals surface area contributed by atoms with Crippen LogP contribution in [0.1, 0.15) is 5.56 Å². The van der Waals surface area contributed by atoms with Crippen LogP contribution in [-0.2, 0) is 0 Å². The molecule has 2 N–H and O–H groups in total. The molecule has 0 aliphatic heterocycles. The van der Waals surface area contributed by atoms with E-state index in [4.69, 9.17) is 11.0 Å². The molecule has 0 bridgehead atoms. The van der Waals surface area contributed by atoms with Gasteiger partial charge in [0.1, 0.15) is 12.1 Å². The first-order valence-electron chi connectivity index (χ1n) is 7.73. The van der Waals surface area contributed by atoms with Crippen LogP contribution in [0.3, 0.4) is 0 Å². The lowest BCUT2D eigenvalue weighted by molar-refractivity contribution is 1.19. The number of nitriles is 1. The fraction of sp³-hybridized carbons (Fsp3) is 0. The van der Waals surface area contributed by atoms with E-state index in [0.29, 0.717) is 17.0 Å². The number of anilines is 1. The van der Waals surface area contributed by atoms with E-state index in [0.717, 1.165) is 27.8 Å². The number of aromatic nitrogens is 3. The zero-order chi connectivity index (χ0) is 17.2. The third-order valence-corrected chi connectivity index (χ3v) is 4.01. The summed E-state index contributed by atoms with van der Waals surface area (Å²) in [7, 11) is 0. The van der Waals surface area contributed by atoms with Crippen LogP contribution < -0.4 is 5.73 Å². The fourth-order valence-corrected chi connectivity index (χ4v) is 2.83. The van der Waals surface area contributed by atoms with E-state index in [1.807, 2.05) is 54.6 Å². The van der Waals surface area contributed by atoms with Crippen molar-refractivity contribution in [3.63, 3.8) is 0 Å². The molecule has 0 saturated carbocycles. The molecule has 118 valence electrons. The van der Waals surface area contributed by atoms with Gasteiger partial charge >= 0.3 is 0 Å². The SMILES string of the molecule is N#Cc1cccc(-c2cc(-c3ccccc3)c3c(N)ncnc3n2)c1. The quantitative estimate of drug-likeness (QED) is 0.606. The summed E-state index contributed by atoms with van der Waals surface area (Å²) in [6, 6.07) is 21.4. The molecular formula is C20H13N5. The molecule has 0 spiro atoms. The van der Waals surface area contributed by atoms with Crippen molar-refractivity contribution in [2.75, 3.05) is 5.73 Å². The Kier molecular flexibility index (Phi) is 3.56. The summed E-state index contributed by atoms with van der Waals surface area (Å²) in [6.45, 7) is 0. The monoisotopic (exact) mass is 323 g/mol. The molecule has 0 saturated heterocycles. The second-order valence-electron chi connectivity index (χ2n) is 5.57. The predicted octanol–water partition coefficient (Wildman–Crippen LogP) is 3.81. The second kappa shape index (κ2) is 6.02. The molecule has 4 rings (SSSR count). The first-order chi connectivity index (χ1) is 12.3. The molecule has 5 heteroatoms. The molecule has 2 heterocycles. The summed E-state index contributed by atoms with van der Waals surface area (Å²) in [5, 5.41) is 9.87. The first-order valence-corrected chi connectivity index (χ1v) is 7.73. The first kappa shape index (κ1) is 14.8. The van der Waals surface area contributed by atoms with Gasteiger partial charge in [0.25, 0.3) is 0 Å². The van der Waals surface area contributed by atoms with Crippen molar-refractivity contribution >= 4 is 16.9 Å². The number of hydrogen-bond acceptors (Lipinski definition) is 5. The summed E-state index contributed by atoms with van der Waals surface area (Å²) >= 11 is 0. The Morgan fingerprint density at radius 2 is 1.68 bits per heavy atom. The highest BCUT2D eigenvalue weighted by Gasteiger charge is 2.13. The van der Waals surface area contributed by atoms with Gasteiger partial charge in [0.15, 0.2) is 5.65 Å². The maximum absolute atomic E-state index is 9.14. The fourth-order valence-electron chi connectivity index (χ4n) is 2.83. The van der Waals surface area contributed by atoms with Gasteiger partial charge in [-0.05, 0) is 29.3 Å². The minimum Gasteiger partial charge on any atom is -0.383 e. The molecule has 2 aromatic carbocycles. The van der Waals surface area contributed by atoms with E-state index in [2.05, 4.69) is 21.0 Å². The largest absolute Gasteiger partial charge is 0.383 e. The van der Waals surface area contributed by atoms with E-state index in [1.54, 1.807) is 6.07 Å². The summed E-state index contributed by atoms with van der Waals surface area (Å²) in [4.78, 5) is 13.0. The van der Waals surface area contributed by atoms with E-state index in [9.17, 15) is 0 Å². The maximum Gasteiger partial charge on any atom is 0.165 e. The van der Waals surface area contributed by atoms with Crippen LogP contribution in [0.4, 0.5) is 5.82 Å². The number of benzene rings is 2. The van der Waals surface area contributed by atoms with Crippen molar-refractivity contribution in [3.8, 4) is 28.5 Å². The Balaban J connectivity index is 2.04. The van der Waals surface area contributed by atoms with Crippen molar-refractivity contribution in [3.05, 3.63) is 72.6 Å². The lowest BCUT2D eigenvalue weighted by Gasteiger charge is -2.11. The lowest BCUT2D eigenvalue weighted by Crippen LogP contribution is -1.98. The molecule has 0 aliphatic carbocycles. The van der Waals surface area contributed by atoms with Crippen LogP contribution in [0, 0.1) is 11.3 Å². The van der Waals surface area contributed by atoms with Gasteiger partial charge in [0, 0.05) is 5.56 Å². The lowest BCUT2D eigenvalue weighted by atomic mass is 9.99. The van der Waals surface area contributed by atoms with Crippen molar-refractivity contribution in [1.82, 2.24) is 15.0 Å². The van der Waals surface area contributed by atoms with E-state index in [-0.39, 0.29) is 0 Å². The zero-order valence-electron chi connectivity index (χ0n) is 13.2. The zero-order valence-corrected chi connectivity index (χ0v) is 13.2. The number of hydrogen-bond donors (Lipinski definition) is 1. The van der Waals surface area contributed by atoms with Crippen LogP contribution >= 0.6 is 0 Å². The van der Waals surface area contributed by atoms with Crippen LogP contribution in [-0.4, -0.2) is 15.0 Å². The van der Waals surface area contributed by atoms with Crippen molar-refractivity contribution in [2.24, 2.45) is 0 Å². The highest BCUT2D eigenvalue weighted by Crippen LogP contribution is 2.33. The van der Waals surface area contributed by atoms with Crippen LogP contribution in [0.2, 0.25) is 0 Å². The van der Waals surface area contributed by atoms with Crippen molar-refractivity contribution < 1.29 is 0 Å². The predicted molar refractivity (Wildman–Crippen MR) is 97.3 cm³/mol. The summed E-state index contributed by atoms with van der Waals surface area (Å²) in [6.07, 6.45) is 1.41. The average Bonchev–Trinajstić information content (AvgIpc) is 2.68. The third kappa shape index (κ3) is 2.66. The Hall–Kier alpha value is -3.78. The van der Waals surface area contributed by atoms with Gasteiger partial charge < -0.3 is 5.73 Å². The maximum atomic E-state index is 9.14. The van der Waals surface area contributed by atoms with Gasteiger partial charge in [-0.2, -0.15) is 5.26 Å². The summed E-state index contributed by atoms with van der Waals surface area (Å²) in [5.74, 6) is 0.397. The summed E-state index contributed by atoms with van der Waals surface area (Å²) in [5.41, 5.74) is 10.7. The molecule has 0 unspecified atom stereocenters. The number of nitrogen functional groups attached to an aromatic ring is 1. The summed E-state index contributed by atoms with van der Waals surface area (Å²) < 4.78 is 0. The Labute approximate surface area is 144 Å². The molecule has 25 heavy (non-hydrogen) atoms. The minimum atomic E-state index is 0.397. The average molecular weight is 323 g/mol. The van der Waals surface area contributed by atoms with Crippen LogP contribution in [0.15, 0.2) is 67.0 Å². The number of rotatable bonds is 2. The second-order valence-corrected chi connectivity index (χ2v) is 5.57. The molecule has 0 amide bonds. The molecule has 0 atom stereocenters. The van der Waals surface area contributed by atoms with E-state index in [1.165, 1.54) is 6.33 Å². The number of fused-ring (bicyclic) bond motifs is 1. The highest BCUT2D eigenvalue weighted by molar-refractivity contribution is 6.00. The van der Waals surface area contributed by atoms with Crippen LogP contribution in [0.25, 0.3) is 33.4 Å². The van der Waals surface area contributed by atoms with Gasteiger partial charge in [-0.1, -0.05) is 42.5 Å².